The standard InChI is InChI=1S/2C16H12O/c2*17-16-11-14(12-6-2-1-3-7-12)10-13-8-4-5-9-15(13)16/h2*1-11,17H. The second-order valence-corrected chi connectivity index (χ2v) is 8.17. The summed E-state index contributed by atoms with van der Waals surface area (Å²) in [7, 11) is 0. The minimum atomic E-state index is 0.335. The molecule has 0 radical (unpaired) electrons. The maximum absolute atomic E-state index is 10.0. The van der Waals surface area contributed by atoms with Crippen molar-refractivity contribution in [2.75, 3.05) is 0 Å². The van der Waals surface area contributed by atoms with Gasteiger partial charge >= 0.3 is 0 Å². The number of phenols is 2. The first-order valence-electron chi connectivity index (χ1n) is 11.2. The molecular formula is C32H24O2. The quantitative estimate of drug-likeness (QED) is 0.284. The van der Waals surface area contributed by atoms with Crippen molar-refractivity contribution in [1.82, 2.24) is 0 Å². The van der Waals surface area contributed by atoms with E-state index in [1.165, 1.54) is 0 Å². The van der Waals surface area contributed by atoms with Crippen LogP contribution >= 0.6 is 0 Å². The zero-order chi connectivity index (χ0) is 23.3. The average molecular weight is 441 g/mol. The zero-order valence-electron chi connectivity index (χ0n) is 18.6. The van der Waals surface area contributed by atoms with Crippen LogP contribution in [0.25, 0.3) is 43.8 Å². The topological polar surface area (TPSA) is 40.5 Å². The van der Waals surface area contributed by atoms with Crippen molar-refractivity contribution in [3.8, 4) is 33.8 Å². The Morgan fingerprint density at radius 3 is 1.09 bits per heavy atom. The molecule has 34 heavy (non-hydrogen) atoms. The molecule has 2 nitrogen and oxygen atoms in total. The average Bonchev–Trinajstić information content (AvgIpc) is 2.90. The summed E-state index contributed by atoms with van der Waals surface area (Å²) in [6.45, 7) is 0. The van der Waals surface area contributed by atoms with Crippen molar-refractivity contribution in [3.63, 3.8) is 0 Å². The summed E-state index contributed by atoms with van der Waals surface area (Å²) in [5.41, 5.74) is 4.32. The van der Waals surface area contributed by atoms with Crippen molar-refractivity contribution < 1.29 is 10.2 Å². The Kier molecular flexibility index (Phi) is 5.96. The molecule has 0 aliphatic carbocycles. The molecule has 6 aromatic rings. The molecule has 0 bridgehead atoms. The molecule has 0 unspecified atom stereocenters. The lowest BCUT2D eigenvalue weighted by Gasteiger charge is -2.06. The van der Waals surface area contributed by atoms with Gasteiger partial charge in [-0.25, -0.2) is 0 Å². The van der Waals surface area contributed by atoms with Crippen molar-refractivity contribution in [1.29, 1.82) is 0 Å². The lowest BCUT2D eigenvalue weighted by atomic mass is 10.0. The lowest BCUT2D eigenvalue weighted by Crippen LogP contribution is -1.79. The zero-order valence-corrected chi connectivity index (χ0v) is 18.6. The Balaban J connectivity index is 0.000000142. The Labute approximate surface area is 199 Å². The Hall–Kier alpha value is -4.56. The molecule has 0 fully saturated rings. The fraction of sp³-hybridized carbons (Fsp3) is 0. The van der Waals surface area contributed by atoms with E-state index in [0.29, 0.717) is 11.5 Å². The number of fused-ring (bicyclic) bond motifs is 2. The van der Waals surface area contributed by atoms with E-state index in [1.807, 2.05) is 121 Å². The summed E-state index contributed by atoms with van der Waals surface area (Å²) in [6.07, 6.45) is 0. The van der Waals surface area contributed by atoms with E-state index in [2.05, 4.69) is 12.1 Å². The highest BCUT2D eigenvalue weighted by Gasteiger charge is 2.05. The third-order valence-electron chi connectivity index (χ3n) is 5.89. The number of rotatable bonds is 2. The summed E-state index contributed by atoms with van der Waals surface area (Å²) < 4.78 is 0. The van der Waals surface area contributed by atoms with Gasteiger partial charge in [-0.3, -0.25) is 0 Å². The van der Waals surface area contributed by atoms with E-state index >= 15 is 0 Å². The van der Waals surface area contributed by atoms with E-state index in [0.717, 1.165) is 43.8 Å². The van der Waals surface area contributed by atoms with Gasteiger partial charge in [-0.15, -0.1) is 0 Å². The number of phenolic OH excluding ortho intramolecular Hbond substituents is 2. The second kappa shape index (κ2) is 9.51. The third-order valence-corrected chi connectivity index (χ3v) is 5.89. The van der Waals surface area contributed by atoms with Crippen LogP contribution < -0.4 is 0 Å². The number of hydrogen-bond donors (Lipinski definition) is 2. The third kappa shape index (κ3) is 4.48. The first-order chi connectivity index (χ1) is 16.7. The maximum Gasteiger partial charge on any atom is 0.124 e. The van der Waals surface area contributed by atoms with Crippen LogP contribution in [0.4, 0.5) is 0 Å². The van der Waals surface area contributed by atoms with Gasteiger partial charge < -0.3 is 10.2 Å². The summed E-state index contributed by atoms with van der Waals surface area (Å²) >= 11 is 0. The normalized spacial score (nSPS) is 10.6. The highest BCUT2D eigenvalue weighted by molar-refractivity contribution is 5.93. The molecule has 0 saturated heterocycles. The summed E-state index contributed by atoms with van der Waals surface area (Å²) in [6, 6.07) is 43.7. The molecule has 2 N–H and O–H groups in total. The molecule has 0 aliphatic rings. The number of benzene rings is 6. The Morgan fingerprint density at radius 2 is 0.676 bits per heavy atom. The first-order valence-corrected chi connectivity index (χ1v) is 11.2. The van der Waals surface area contributed by atoms with Gasteiger partial charge in [0.15, 0.2) is 0 Å². The van der Waals surface area contributed by atoms with Crippen LogP contribution in [0.15, 0.2) is 133 Å². The molecule has 0 amide bonds. The van der Waals surface area contributed by atoms with Crippen LogP contribution in [0.5, 0.6) is 11.5 Å². The Bertz CT molecular complexity index is 1430. The molecule has 6 rings (SSSR count). The van der Waals surface area contributed by atoms with E-state index < -0.39 is 0 Å². The minimum absolute atomic E-state index is 0.335. The minimum Gasteiger partial charge on any atom is -0.507 e. The van der Waals surface area contributed by atoms with Crippen LogP contribution in [0.2, 0.25) is 0 Å². The Morgan fingerprint density at radius 1 is 0.324 bits per heavy atom. The fourth-order valence-electron chi connectivity index (χ4n) is 4.18. The smallest absolute Gasteiger partial charge is 0.124 e. The lowest BCUT2D eigenvalue weighted by molar-refractivity contribution is 0.481. The van der Waals surface area contributed by atoms with Crippen LogP contribution in [0.1, 0.15) is 0 Å². The summed E-state index contributed by atoms with van der Waals surface area (Å²) in [4.78, 5) is 0. The molecule has 0 aromatic heterocycles. The van der Waals surface area contributed by atoms with Crippen molar-refractivity contribution in [2.24, 2.45) is 0 Å². The van der Waals surface area contributed by atoms with Gasteiger partial charge in [-0.2, -0.15) is 0 Å². The van der Waals surface area contributed by atoms with Gasteiger partial charge in [0.1, 0.15) is 11.5 Å². The van der Waals surface area contributed by atoms with E-state index in [9.17, 15) is 10.2 Å². The molecule has 0 saturated carbocycles. The predicted molar refractivity (Wildman–Crippen MR) is 142 cm³/mol. The van der Waals surface area contributed by atoms with Gasteiger partial charge in [-0.1, -0.05) is 109 Å². The van der Waals surface area contributed by atoms with Crippen LogP contribution in [-0.4, -0.2) is 10.2 Å². The second-order valence-electron chi connectivity index (χ2n) is 8.17. The largest absolute Gasteiger partial charge is 0.507 e. The fourth-order valence-corrected chi connectivity index (χ4v) is 4.18. The van der Waals surface area contributed by atoms with E-state index in [1.54, 1.807) is 0 Å². The number of aromatic hydroxyl groups is 2. The van der Waals surface area contributed by atoms with Crippen molar-refractivity contribution in [2.45, 2.75) is 0 Å². The molecule has 0 spiro atoms. The molecule has 0 aliphatic heterocycles. The molecule has 2 heteroatoms. The highest BCUT2D eigenvalue weighted by atomic mass is 16.3. The van der Waals surface area contributed by atoms with Gasteiger partial charge in [0.25, 0.3) is 0 Å². The van der Waals surface area contributed by atoms with Gasteiger partial charge in [0.05, 0.1) is 0 Å². The van der Waals surface area contributed by atoms with Gasteiger partial charge in [0.2, 0.25) is 0 Å². The van der Waals surface area contributed by atoms with Crippen LogP contribution in [-0.2, 0) is 0 Å². The van der Waals surface area contributed by atoms with E-state index in [-0.39, 0.29) is 0 Å². The van der Waals surface area contributed by atoms with Gasteiger partial charge in [0, 0.05) is 10.8 Å². The molecule has 0 atom stereocenters. The molecule has 164 valence electrons. The van der Waals surface area contributed by atoms with Crippen LogP contribution in [0.3, 0.4) is 0 Å². The SMILES string of the molecule is Oc1cc(-c2ccccc2)cc2ccccc12.Oc1cc(-c2ccccc2)cc2ccccc12. The van der Waals surface area contributed by atoms with Crippen molar-refractivity contribution >= 4 is 21.5 Å². The summed E-state index contributed by atoms with van der Waals surface area (Å²) in [5, 5.41) is 23.9. The molecular weight excluding hydrogens is 416 g/mol. The van der Waals surface area contributed by atoms with Crippen LogP contribution in [0, 0.1) is 0 Å². The van der Waals surface area contributed by atoms with E-state index in [4.69, 9.17) is 0 Å². The summed E-state index contributed by atoms with van der Waals surface area (Å²) in [5.74, 6) is 0.670. The first kappa shape index (κ1) is 21.3. The number of hydrogen-bond acceptors (Lipinski definition) is 2. The molecule has 0 heterocycles. The monoisotopic (exact) mass is 440 g/mol. The van der Waals surface area contributed by atoms with Gasteiger partial charge in [-0.05, 0) is 57.3 Å². The maximum atomic E-state index is 10.0. The molecule has 6 aromatic carbocycles. The van der Waals surface area contributed by atoms with Crippen molar-refractivity contribution in [3.05, 3.63) is 133 Å². The predicted octanol–water partition coefficient (Wildman–Crippen LogP) is 8.42. The highest BCUT2D eigenvalue weighted by Crippen LogP contribution is 2.32.